The average molecular weight is 298 g/mol. The minimum Gasteiger partial charge on any atom is -0.379 e. The molecule has 2 saturated heterocycles. The molecular weight excluding hydrogens is 268 g/mol. The predicted octanol–water partition coefficient (Wildman–Crippen LogP) is 1.47. The third-order valence-electron chi connectivity index (χ3n) is 4.29. The molecule has 21 heavy (non-hydrogen) atoms. The highest BCUT2D eigenvalue weighted by Crippen LogP contribution is 2.15. The first-order valence-corrected chi connectivity index (χ1v) is 8.51. The molecule has 0 aromatic heterocycles. The fourth-order valence-corrected chi connectivity index (χ4v) is 2.99. The van der Waals surface area contributed by atoms with Gasteiger partial charge in [-0.2, -0.15) is 0 Å². The minimum atomic E-state index is 0.180. The number of amides is 1. The summed E-state index contributed by atoms with van der Waals surface area (Å²) in [6.07, 6.45) is 7.61. The summed E-state index contributed by atoms with van der Waals surface area (Å²) >= 11 is 0. The summed E-state index contributed by atoms with van der Waals surface area (Å²) in [5.74, 6) is 0.860. The second-order valence-electron chi connectivity index (χ2n) is 6.16. The molecule has 1 amide bonds. The molecule has 2 heterocycles. The highest BCUT2D eigenvalue weighted by atomic mass is 16.5. The number of rotatable bonds is 9. The van der Waals surface area contributed by atoms with E-state index in [0.717, 1.165) is 45.4 Å². The van der Waals surface area contributed by atoms with Crippen molar-refractivity contribution in [2.45, 2.75) is 51.0 Å². The third-order valence-corrected chi connectivity index (χ3v) is 4.29. The zero-order valence-electron chi connectivity index (χ0n) is 13.1. The van der Waals surface area contributed by atoms with Crippen LogP contribution in [0.15, 0.2) is 0 Å². The Balaban J connectivity index is 1.38. The molecule has 122 valence electrons. The predicted molar refractivity (Wildman–Crippen MR) is 82.2 cm³/mol. The van der Waals surface area contributed by atoms with Crippen LogP contribution in [0.25, 0.3) is 0 Å². The van der Waals surface area contributed by atoms with Crippen LogP contribution in [-0.4, -0.2) is 51.5 Å². The molecule has 2 fully saturated rings. The van der Waals surface area contributed by atoms with Crippen molar-refractivity contribution in [3.63, 3.8) is 0 Å². The van der Waals surface area contributed by atoms with E-state index in [1.54, 1.807) is 0 Å². The highest BCUT2D eigenvalue weighted by molar-refractivity contribution is 5.75. The average Bonchev–Trinajstić information content (AvgIpc) is 3.03. The second-order valence-corrected chi connectivity index (χ2v) is 6.16. The zero-order valence-corrected chi connectivity index (χ0v) is 13.1. The van der Waals surface area contributed by atoms with Crippen molar-refractivity contribution >= 4 is 5.91 Å². The minimum absolute atomic E-state index is 0.180. The number of nitrogens with one attached hydrogen (secondary N) is 2. The Labute approximate surface area is 128 Å². The first kappa shape index (κ1) is 16.7. The lowest BCUT2D eigenvalue weighted by Gasteiger charge is -2.22. The maximum absolute atomic E-state index is 11.7. The summed E-state index contributed by atoms with van der Waals surface area (Å²) in [6, 6.07) is 0. The molecule has 0 saturated carbocycles. The number of piperidine rings is 1. The van der Waals surface area contributed by atoms with E-state index >= 15 is 0 Å². The quantitative estimate of drug-likeness (QED) is 0.633. The van der Waals surface area contributed by atoms with Gasteiger partial charge in [0.2, 0.25) is 5.91 Å². The Morgan fingerprint density at radius 2 is 2.29 bits per heavy atom. The van der Waals surface area contributed by atoms with Crippen molar-refractivity contribution in [3.05, 3.63) is 0 Å². The van der Waals surface area contributed by atoms with Crippen LogP contribution in [0.2, 0.25) is 0 Å². The summed E-state index contributed by atoms with van der Waals surface area (Å²) in [4.78, 5) is 11.7. The van der Waals surface area contributed by atoms with Gasteiger partial charge in [-0.1, -0.05) is 0 Å². The van der Waals surface area contributed by atoms with Gasteiger partial charge in [0.05, 0.1) is 12.7 Å². The van der Waals surface area contributed by atoms with Gasteiger partial charge < -0.3 is 20.1 Å². The van der Waals surface area contributed by atoms with Gasteiger partial charge in [0.25, 0.3) is 0 Å². The standard InChI is InChI=1S/C16H30N2O3/c19-16(7-6-14-4-1-8-17-12-14)18-9-3-10-20-13-15-5-2-11-21-15/h14-15,17H,1-13H2,(H,18,19). The van der Waals surface area contributed by atoms with E-state index in [0.29, 0.717) is 38.2 Å². The van der Waals surface area contributed by atoms with Crippen molar-refractivity contribution in [1.29, 1.82) is 0 Å². The molecule has 0 bridgehead atoms. The molecule has 0 aliphatic carbocycles. The van der Waals surface area contributed by atoms with E-state index in [1.165, 1.54) is 12.8 Å². The van der Waals surface area contributed by atoms with Crippen molar-refractivity contribution in [1.82, 2.24) is 10.6 Å². The maximum atomic E-state index is 11.7. The lowest BCUT2D eigenvalue weighted by atomic mass is 9.94. The molecular formula is C16H30N2O3. The first-order valence-electron chi connectivity index (χ1n) is 8.51. The summed E-state index contributed by atoms with van der Waals surface area (Å²) < 4.78 is 11.1. The van der Waals surface area contributed by atoms with Crippen LogP contribution in [0.4, 0.5) is 0 Å². The Morgan fingerprint density at radius 1 is 1.33 bits per heavy atom. The summed E-state index contributed by atoms with van der Waals surface area (Å²) in [5, 5.41) is 6.37. The summed E-state index contributed by atoms with van der Waals surface area (Å²) in [6.45, 7) is 5.20. The van der Waals surface area contributed by atoms with Crippen molar-refractivity contribution in [2.75, 3.05) is 39.5 Å². The van der Waals surface area contributed by atoms with E-state index in [2.05, 4.69) is 10.6 Å². The molecule has 2 rings (SSSR count). The maximum Gasteiger partial charge on any atom is 0.220 e. The van der Waals surface area contributed by atoms with Crippen molar-refractivity contribution in [3.8, 4) is 0 Å². The molecule has 2 N–H and O–H groups in total. The lowest BCUT2D eigenvalue weighted by Crippen LogP contribution is -2.31. The topological polar surface area (TPSA) is 59.6 Å². The molecule has 2 aliphatic heterocycles. The highest BCUT2D eigenvalue weighted by Gasteiger charge is 2.15. The Hall–Kier alpha value is -0.650. The molecule has 2 atom stereocenters. The Kier molecular flexibility index (Phi) is 8.07. The monoisotopic (exact) mass is 298 g/mol. The number of carbonyl (C=O) groups excluding carboxylic acids is 1. The van der Waals surface area contributed by atoms with Crippen LogP contribution in [0.5, 0.6) is 0 Å². The van der Waals surface area contributed by atoms with E-state index in [9.17, 15) is 4.79 Å². The van der Waals surface area contributed by atoms with Crippen molar-refractivity contribution in [2.24, 2.45) is 5.92 Å². The molecule has 0 radical (unpaired) electrons. The van der Waals surface area contributed by atoms with Crippen LogP contribution in [0.3, 0.4) is 0 Å². The van der Waals surface area contributed by atoms with E-state index in [-0.39, 0.29) is 5.91 Å². The summed E-state index contributed by atoms with van der Waals surface area (Å²) in [5.41, 5.74) is 0. The number of hydrogen-bond donors (Lipinski definition) is 2. The number of carbonyl (C=O) groups is 1. The van der Waals surface area contributed by atoms with E-state index < -0.39 is 0 Å². The van der Waals surface area contributed by atoms with Gasteiger partial charge in [-0.3, -0.25) is 4.79 Å². The third kappa shape index (κ3) is 7.25. The molecule has 0 aromatic carbocycles. The van der Waals surface area contributed by atoms with Crippen LogP contribution in [-0.2, 0) is 14.3 Å². The zero-order chi connectivity index (χ0) is 14.8. The molecule has 2 aliphatic rings. The van der Waals surface area contributed by atoms with E-state index in [1.807, 2.05) is 0 Å². The van der Waals surface area contributed by atoms with Crippen LogP contribution < -0.4 is 10.6 Å². The lowest BCUT2D eigenvalue weighted by molar-refractivity contribution is -0.121. The molecule has 5 nitrogen and oxygen atoms in total. The van der Waals surface area contributed by atoms with Crippen molar-refractivity contribution < 1.29 is 14.3 Å². The fourth-order valence-electron chi connectivity index (χ4n) is 2.99. The Morgan fingerprint density at radius 3 is 3.05 bits per heavy atom. The van der Waals surface area contributed by atoms with Gasteiger partial charge in [0.1, 0.15) is 0 Å². The van der Waals surface area contributed by atoms with Gasteiger partial charge >= 0.3 is 0 Å². The Bertz CT molecular complexity index is 287. The first-order chi connectivity index (χ1) is 10.3. The summed E-state index contributed by atoms with van der Waals surface area (Å²) in [7, 11) is 0. The van der Waals surface area contributed by atoms with Gasteiger partial charge in [-0.05, 0) is 57.5 Å². The fraction of sp³-hybridized carbons (Fsp3) is 0.938. The van der Waals surface area contributed by atoms with Crippen LogP contribution >= 0.6 is 0 Å². The van der Waals surface area contributed by atoms with Gasteiger partial charge in [-0.15, -0.1) is 0 Å². The molecule has 0 spiro atoms. The second kappa shape index (κ2) is 10.1. The van der Waals surface area contributed by atoms with E-state index in [4.69, 9.17) is 9.47 Å². The SMILES string of the molecule is O=C(CCC1CCCNC1)NCCCOCC1CCCO1. The van der Waals surface area contributed by atoms with Gasteiger partial charge in [-0.25, -0.2) is 0 Å². The number of hydrogen-bond acceptors (Lipinski definition) is 4. The van der Waals surface area contributed by atoms with Gasteiger partial charge in [0, 0.05) is 26.2 Å². The van der Waals surface area contributed by atoms with Crippen LogP contribution in [0, 0.1) is 5.92 Å². The van der Waals surface area contributed by atoms with Gasteiger partial charge in [0.15, 0.2) is 0 Å². The molecule has 2 unspecified atom stereocenters. The molecule has 0 aromatic rings. The largest absolute Gasteiger partial charge is 0.379 e. The number of ether oxygens (including phenoxy) is 2. The van der Waals surface area contributed by atoms with Crippen LogP contribution in [0.1, 0.15) is 44.9 Å². The molecule has 5 heteroatoms. The normalized spacial score (nSPS) is 25.9. The smallest absolute Gasteiger partial charge is 0.220 e.